The summed E-state index contributed by atoms with van der Waals surface area (Å²) in [4.78, 5) is 11.6. The van der Waals surface area contributed by atoms with Crippen LogP contribution in [-0.4, -0.2) is 35.5 Å². The third-order valence-corrected chi connectivity index (χ3v) is 5.71. The molecule has 0 aromatic carbocycles. The molecule has 2 aromatic rings. The number of thioether (sulfide) groups is 1. The average Bonchev–Trinajstić information content (AvgIpc) is 3.12. The number of hydrogen-bond donors (Lipinski definition) is 1. The standard InChI is InChI=1S/C14H19N3OS2/c1-3-10-7-11-12(19-8-9-5-4-6-18-9)16-14(15-2)17-13(11)20-10/h7,9H,3-6,8H2,1-2H3,(H,15,16,17). The van der Waals surface area contributed by atoms with E-state index in [2.05, 4.69) is 28.3 Å². The van der Waals surface area contributed by atoms with Gasteiger partial charge in [0.05, 0.1) is 6.10 Å². The van der Waals surface area contributed by atoms with Crippen LogP contribution in [-0.2, 0) is 11.2 Å². The summed E-state index contributed by atoms with van der Waals surface area (Å²) in [6.45, 7) is 3.08. The lowest BCUT2D eigenvalue weighted by molar-refractivity contribution is 0.129. The van der Waals surface area contributed by atoms with Gasteiger partial charge in [0.1, 0.15) is 9.86 Å². The largest absolute Gasteiger partial charge is 0.377 e. The van der Waals surface area contributed by atoms with Crippen LogP contribution in [0.4, 0.5) is 5.95 Å². The van der Waals surface area contributed by atoms with Crippen molar-refractivity contribution in [2.24, 2.45) is 0 Å². The second-order valence-corrected chi connectivity index (χ2v) is 6.96. The average molecular weight is 309 g/mol. The van der Waals surface area contributed by atoms with E-state index in [1.807, 2.05) is 7.05 Å². The summed E-state index contributed by atoms with van der Waals surface area (Å²) in [6.07, 6.45) is 3.78. The molecule has 0 radical (unpaired) electrons. The molecule has 0 amide bonds. The molecular weight excluding hydrogens is 290 g/mol. The van der Waals surface area contributed by atoms with Gasteiger partial charge >= 0.3 is 0 Å². The van der Waals surface area contributed by atoms with E-state index < -0.39 is 0 Å². The van der Waals surface area contributed by atoms with Crippen molar-refractivity contribution in [3.63, 3.8) is 0 Å². The molecule has 1 aliphatic heterocycles. The fraction of sp³-hybridized carbons (Fsp3) is 0.571. The Balaban J connectivity index is 1.87. The lowest BCUT2D eigenvalue weighted by Crippen LogP contribution is -2.08. The quantitative estimate of drug-likeness (QED) is 0.676. The Bertz CT molecular complexity index is 593. The number of thiophene rings is 1. The lowest BCUT2D eigenvalue weighted by atomic mass is 10.3. The molecule has 1 atom stereocenters. The molecule has 6 heteroatoms. The van der Waals surface area contributed by atoms with Crippen molar-refractivity contribution in [3.8, 4) is 0 Å². The molecule has 108 valence electrons. The van der Waals surface area contributed by atoms with E-state index in [4.69, 9.17) is 4.74 Å². The predicted octanol–water partition coefficient (Wildman–Crippen LogP) is 3.57. The van der Waals surface area contributed by atoms with Crippen molar-refractivity contribution in [2.45, 2.75) is 37.3 Å². The second kappa shape index (κ2) is 6.28. The Hall–Kier alpha value is -0.850. The van der Waals surface area contributed by atoms with Crippen LogP contribution in [0.3, 0.4) is 0 Å². The number of ether oxygens (including phenoxy) is 1. The molecule has 4 nitrogen and oxygen atoms in total. The summed E-state index contributed by atoms with van der Waals surface area (Å²) in [5, 5.41) is 5.32. The van der Waals surface area contributed by atoms with Gasteiger partial charge in [-0.25, -0.2) is 9.97 Å². The third kappa shape index (κ3) is 2.92. The predicted molar refractivity (Wildman–Crippen MR) is 86.0 cm³/mol. The van der Waals surface area contributed by atoms with Gasteiger partial charge in [-0.2, -0.15) is 0 Å². The monoisotopic (exact) mass is 309 g/mol. The fourth-order valence-electron chi connectivity index (χ4n) is 2.29. The Morgan fingerprint density at radius 3 is 3.10 bits per heavy atom. The third-order valence-electron chi connectivity index (χ3n) is 3.41. The summed E-state index contributed by atoms with van der Waals surface area (Å²) in [7, 11) is 1.87. The molecule has 1 fully saturated rings. The van der Waals surface area contributed by atoms with Gasteiger partial charge in [0.15, 0.2) is 0 Å². The molecule has 0 bridgehead atoms. The van der Waals surface area contributed by atoms with Gasteiger partial charge in [-0.05, 0) is 25.3 Å². The van der Waals surface area contributed by atoms with Gasteiger partial charge in [-0.1, -0.05) is 6.92 Å². The molecule has 1 N–H and O–H groups in total. The van der Waals surface area contributed by atoms with E-state index in [9.17, 15) is 0 Å². The van der Waals surface area contributed by atoms with E-state index in [1.165, 1.54) is 23.1 Å². The molecule has 0 saturated carbocycles. The van der Waals surface area contributed by atoms with E-state index in [-0.39, 0.29) is 0 Å². The summed E-state index contributed by atoms with van der Waals surface area (Å²) in [5.74, 6) is 1.68. The van der Waals surface area contributed by atoms with Crippen molar-refractivity contribution < 1.29 is 4.74 Å². The van der Waals surface area contributed by atoms with Crippen LogP contribution < -0.4 is 5.32 Å². The van der Waals surface area contributed by atoms with Crippen molar-refractivity contribution >= 4 is 39.3 Å². The van der Waals surface area contributed by atoms with Crippen LogP contribution in [0.5, 0.6) is 0 Å². The highest BCUT2D eigenvalue weighted by atomic mass is 32.2. The van der Waals surface area contributed by atoms with Crippen LogP contribution in [0.25, 0.3) is 10.2 Å². The van der Waals surface area contributed by atoms with Gasteiger partial charge < -0.3 is 10.1 Å². The van der Waals surface area contributed by atoms with Gasteiger partial charge in [0.25, 0.3) is 0 Å². The Morgan fingerprint density at radius 1 is 1.50 bits per heavy atom. The fourth-order valence-corrected chi connectivity index (χ4v) is 4.39. The number of anilines is 1. The van der Waals surface area contributed by atoms with Crippen LogP contribution in [0, 0.1) is 0 Å². The molecule has 3 rings (SSSR count). The molecule has 20 heavy (non-hydrogen) atoms. The van der Waals surface area contributed by atoms with Gasteiger partial charge in [0.2, 0.25) is 5.95 Å². The van der Waals surface area contributed by atoms with Gasteiger partial charge in [-0.15, -0.1) is 23.1 Å². The molecular formula is C14H19N3OS2. The topological polar surface area (TPSA) is 47.0 Å². The van der Waals surface area contributed by atoms with Crippen LogP contribution in [0.15, 0.2) is 11.1 Å². The highest BCUT2D eigenvalue weighted by Gasteiger charge is 2.18. The first-order chi connectivity index (χ1) is 9.80. The molecule has 0 spiro atoms. The Morgan fingerprint density at radius 2 is 2.40 bits per heavy atom. The van der Waals surface area contributed by atoms with E-state index >= 15 is 0 Å². The van der Waals surface area contributed by atoms with E-state index in [0.717, 1.165) is 28.6 Å². The zero-order chi connectivity index (χ0) is 13.9. The van der Waals surface area contributed by atoms with Crippen molar-refractivity contribution in [1.29, 1.82) is 0 Å². The number of aromatic nitrogens is 2. The second-order valence-electron chi connectivity index (χ2n) is 4.83. The SMILES string of the molecule is CCc1cc2c(SCC3CCCO3)nc(NC)nc2s1. The molecule has 1 unspecified atom stereocenters. The summed E-state index contributed by atoms with van der Waals surface area (Å²) < 4.78 is 5.69. The summed E-state index contributed by atoms with van der Waals surface area (Å²) in [5.41, 5.74) is 0. The molecule has 1 saturated heterocycles. The molecule has 1 aliphatic rings. The Labute approximate surface area is 127 Å². The molecule has 3 heterocycles. The molecule has 2 aromatic heterocycles. The summed E-state index contributed by atoms with van der Waals surface area (Å²) in [6, 6.07) is 2.23. The smallest absolute Gasteiger partial charge is 0.224 e. The summed E-state index contributed by atoms with van der Waals surface area (Å²) >= 11 is 3.55. The van der Waals surface area contributed by atoms with Crippen LogP contribution >= 0.6 is 23.1 Å². The van der Waals surface area contributed by atoms with E-state index in [0.29, 0.717) is 12.1 Å². The minimum Gasteiger partial charge on any atom is -0.377 e. The zero-order valence-electron chi connectivity index (χ0n) is 11.8. The number of aryl methyl sites for hydroxylation is 1. The highest BCUT2D eigenvalue weighted by Crippen LogP contribution is 2.33. The zero-order valence-corrected chi connectivity index (χ0v) is 13.4. The van der Waals surface area contributed by atoms with Crippen LogP contribution in [0.2, 0.25) is 0 Å². The molecule has 0 aliphatic carbocycles. The normalized spacial score (nSPS) is 18.8. The van der Waals surface area contributed by atoms with Crippen molar-refractivity contribution in [1.82, 2.24) is 9.97 Å². The van der Waals surface area contributed by atoms with E-state index in [1.54, 1.807) is 23.1 Å². The maximum absolute atomic E-state index is 5.69. The van der Waals surface area contributed by atoms with Crippen molar-refractivity contribution in [2.75, 3.05) is 24.7 Å². The number of nitrogens with one attached hydrogen (secondary N) is 1. The number of fused-ring (bicyclic) bond motifs is 1. The van der Waals surface area contributed by atoms with Gasteiger partial charge in [0, 0.05) is 29.7 Å². The first-order valence-corrected chi connectivity index (χ1v) is 8.83. The van der Waals surface area contributed by atoms with Crippen molar-refractivity contribution in [3.05, 3.63) is 10.9 Å². The Kier molecular flexibility index (Phi) is 4.43. The first-order valence-electron chi connectivity index (χ1n) is 7.02. The minimum absolute atomic E-state index is 0.382. The highest BCUT2D eigenvalue weighted by molar-refractivity contribution is 7.99. The number of hydrogen-bond acceptors (Lipinski definition) is 6. The first kappa shape index (κ1) is 14.1. The van der Waals surface area contributed by atoms with Gasteiger partial charge in [-0.3, -0.25) is 0 Å². The maximum atomic E-state index is 5.69. The minimum atomic E-state index is 0.382. The van der Waals surface area contributed by atoms with Crippen LogP contribution in [0.1, 0.15) is 24.6 Å². The lowest BCUT2D eigenvalue weighted by Gasteiger charge is -2.09. The maximum Gasteiger partial charge on any atom is 0.224 e. The number of rotatable bonds is 5. The number of nitrogens with zero attached hydrogens (tertiary/aromatic N) is 2.